The van der Waals surface area contributed by atoms with E-state index in [9.17, 15) is 4.79 Å². The molecule has 2 aromatic rings. The summed E-state index contributed by atoms with van der Waals surface area (Å²) in [5.74, 6) is 2.45. The van der Waals surface area contributed by atoms with Gasteiger partial charge in [0.25, 0.3) is 0 Å². The normalized spacial score (nSPS) is 10.3. The number of benzene rings is 1. The van der Waals surface area contributed by atoms with Crippen molar-refractivity contribution >= 4 is 22.0 Å². The Morgan fingerprint density at radius 2 is 1.95 bits per heavy atom. The van der Waals surface area contributed by atoms with Crippen LogP contribution in [0, 0.1) is 13.8 Å². The Morgan fingerprint density at radius 3 is 2.59 bits per heavy atom. The van der Waals surface area contributed by atoms with Crippen molar-refractivity contribution < 1.29 is 13.9 Å². The third-order valence-electron chi connectivity index (χ3n) is 3.05. The zero-order valence-corrected chi connectivity index (χ0v) is 14.2. The molecule has 0 bridgehead atoms. The predicted molar refractivity (Wildman–Crippen MR) is 88.1 cm³/mol. The molecule has 0 atom stereocenters. The molecule has 2 N–H and O–H groups in total. The number of aryl methyl sites for hydroxylation is 2. The first-order valence-electron chi connectivity index (χ1n) is 7.00. The van der Waals surface area contributed by atoms with Crippen LogP contribution in [0.5, 0.6) is 5.75 Å². The molecule has 0 saturated carbocycles. The van der Waals surface area contributed by atoms with Crippen molar-refractivity contribution in [3.63, 3.8) is 0 Å². The highest BCUT2D eigenvalue weighted by Gasteiger charge is 2.06. The summed E-state index contributed by atoms with van der Waals surface area (Å²) in [6, 6.07) is 9.25. The summed E-state index contributed by atoms with van der Waals surface area (Å²) in [5.41, 5.74) is 0.985. The number of rotatable bonds is 6. The lowest BCUT2D eigenvalue weighted by Crippen LogP contribution is -2.37. The highest BCUT2D eigenvalue weighted by molar-refractivity contribution is 9.10. The van der Waals surface area contributed by atoms with Gasteiger partial charge in [-0.2, -0.15) is 0 Å². The van der Waals surface area contributed by atoms with Gasteiger partial charge in [-0.3, -0.25) is 0 Å². The van der Waals surface area contributed by atoms with Crippen LogP contribution >= 0.6 is 15.9 Å². The average molecular weight is 367 g/mol. The maximum Gasteiger partial charge on any atom is 0.315 e. The standard InChI is InChI=1S/C16H19BrN2O3/c1-11-9-13(12(2)22-11)10-19-16(20)18-7-8-21-15-5-3-14(17)4-6-15/h3-6,9H,7-8,10H2,1-2H3,(H2,18,19,20). The van der Waals surface area contributed by atoms with Crippen LogP contribution < -0.4 is 15.4 Å². The fourth-order valence-corrected chi connectivity index (χ4v) is 2.23. The number of hydrogen-bond acceptors (Lipinski definition) is 3. The minimum atomic E-state index is -0.224. The van der Waals surface area contributed by atoms with E-state index in [2.05, 4.69) is 26.6 Å². The summed E-state index contributed by atoms with van der Waals surface area (Å²) in [6.07, 6.45) is 0. The van der Waals surface area contributed by atoms with Crippen molar-refractivity contribution in [1.82, 2.24) is 10.6 Å². The van der Waals surface area contributed by atoms with Crippen LogP contribution in [-0.4, -0.2) is 19.2 Å². The number of amides is 2. The van der Waals surface area contributed by atoms with Gasteiger partial charge >= 0.3 is 6.03 Å². The van der Waals surface area contributed by atoms with Crippen LogP contribution in [0.2, 0.25) is 0 Å². The third kappa shape index (κ3) is 5.11. The molecule has 2 amide bonds. The number of hydrogen-bond donors (Lipinski definition) is 2. The van der Waals surface area contributed by atoms with Crippen molar-refractivity contribution in [2.75, 3.05) is 13.2 Å². The van der Waals surface area contributed by atoms with Crippen LogP contribution in [-0.2, 0) is 6.54 Å². The Kier molecular flexibility index (Phi) is 5.89. The molecule has 22 heavy (non-hydrogen) atoms. The summed E-state index contributed by atoms with van der Waals surface area (Å²) in [4.78, 5) is 11.7. The monoisotopic (exact) mass is 366 g/mol. The number of halogens is 1. The first-order valence-corrected chi connectivity index (χ1v) is 7.80. The molecule has 0 saturated heterocycles. The Morgan fingerprint density at radius 1 is 1.23 bits per heavy atom. The van der Waals surface area contributed by atoms with Crippen LogP contribution in [0.4, 0.5) is 4.79 Å². The van der Waals surface area contributed by atoms with Crippen LogP contribution in [0.15, 0.2) is 39.2 Å². The van der Waals surface area contributed by atoms with Crippen LogP contribution in [0.3, 0.4) is 0 Å². The number of carbonyl (C=O) groups excluding carboxylic acids is 1. The van der Waals surface area contributed by atoms with E-state index in [-0.39, 0.29) is 6.03 Å². The van der Waals surface area contributed by atoms with Gasteiger partial charge in [0.1, 0.15) is 23.9 Å². The minimum absolute atomic E-state index is 0.224. The van der Waals surface area contributed by atoms with Crippen molar-refractivity contribution in [2.45, 2.75) is 20.4 Å². The maximum absolute atomic E-state index is 11.7. The van der Waals surface area contributed by atoms with E-state index in [1.165, 1.54) is 0 Å². The Labute approximate surface area is 138 Å². The number of carbonyl (C=O) groups is 1. The zero-order valence-electron chi connectivity index (χ0n) is 12.6. The molecule has 0 aliphatic carbocycles. The first-order chi connectivity index (χ1) is 10.5. The second-order valence-electron chi connectivity index (χ2n) is 4.85. The molecule has 1 heterocycles. The number of furan rings is 1. The Bertz CT molecular complexity index is 623. The SMILES string of the molecule is Cc1cc(CNC(=O)NCCOc2ccc(Br)cc2)c(C)o1. The second-order valence-corrected chi connectivity index (χ2v) is 5.77. The molecule has 118 valence electrons. The molecule has 5 nitrogen and oxygen atoms in total. The highest BCUT2D eigenvalue weighted by atomic mass is 79.9. The summed E-state index contributed by atoms with van der Waals surface area (Å²) >= 11 is 3.36. The molecule has 1 aromatic carbocycles. The van der Waals surface area contributed by atoms with E-state index >= 15 is 0 Å². The number of nitrogens with one attached hydrogen (secondary N) is 2. The molecule has 0 unspecified atom stereocenters. The van der Waals surface area contributed by atoms with Crippen molar-refractivity contribution in [1.29, 1.82) is 0 Å². The summed E-state index contributed by atoms with van der Waals surface area (Å²) in [5, 5.41) is 5.53. The highest BCUT2D eigenvalue weighted by Crippen LogP contribution is 2.15. The van der Waals surface area contributed by atoms with Gasteiger partial charge in [-0.15, -0.1) is 0 Å². The van der Waals surface area contributed by atoms with E-state index in [1.807, 2.05) is 44.2 Å². The lowest BCUT2D eigenvalue weighted by molar-refractivity contribution is 0.236. The lowest BCUT2D eigenvalue weighted by Gasteiger charge is -2.09. The summed E-state index contributed by atoms with van der Waals surface area (Å²) in [6.45, 7) is 5.07. The van der Waals surface area contributed by atoms with Crippen LogP contribution in [0.25, 0.3) is 0 Å². The van der Waals surface area contributed by atoms with Crippen molar-refractivity contribution in [2.24, 2.45) is 0 Å². The molecule has 6 heteroatoms. The third-order valence-corrected chi connectivity index (χ3v) is 3.58. The van der Waals surface area contributed by atoms with Crippen molar-refractivity contribution in [3.8, 4) is 5.75 Å². The van der Waals surface area contributed by atoms with Gasteiger partial charge < -0.3 is 19.8 Å². The molecular formula is C16H19BrN2O3. The Balaban J connectivity index is 1.63. The maximum atomic E-state index is 11.7. The van der Waals surface area contributed by atoms with Gasteiger partial charge in [0, 0.05) is 16.6 Å². The fourth-order valence-electron chi connectivity index (χ4n) is 1.96. The van der Waals surface area contributed by atoms with Gasteiger partial charge in [-0.25, -0.2) is 4.79 Å². The molecule has 0 radical (unpaired) electrons. The van der Waals surface area contributed by atoms with E-state index in [0.29, 0.717) is 19.7 Å². The summed E-state index contributed by atoms with van der Waals surface area (Å²) < 4.78 is 11.9. The molecule has 0 spiro atoms. The summed E-state index contributed by atoms with van der Waals surface area (Å²) in [7, 11) is 0. The average Bonchev–Trinajstić information content (AvgIpc) is 2.81. The second kappa shape index (κ2) is 7.89. The van der Waals surface area contributed by atoms with E-state index in [1.54, 1.807) is 0 Å². The quantitative estimate of drug-likeness (QED) is 0.768. The predicted octanol–water partition coefficient (Wildman–Crippen LogP) is 3.54. The number of ether oxygens (including phenoxy) is 1. The molecule has 1 aromatic heterocycles. The van der Waals surface area contributed by atoms with Gasteiger partial charge in [0.05, 0.1) is 6.54 Å². The molecular weight excluding hydrogens is 348 g/mol. The first kappa shape index (κ1) is 16.4. The Hall–Kier alpha value is -1.95. The molecule has 0 fully saturated rings. The van der Waals surface area contributed by atoms with Gasteiger partial charge in [0.2, 0.25) is 0 Å². The molecule has 0 aliphatic heterocycles. The fraction of sp³-hybridized carbons (Fsp3) is 0.312. The van der Waals surface area contributed by atoms with Crippen molar-refractivity contribution in [3.05, 3.63) is 51.9 Å². The zero-order chi connectivity index (χ0) is 15.9. The van der Waals surface area contributed by atoms with Gasteiger partial charge in [0.15, 0.2) is 0 Å². The smallest absolute Gasteiger partial charge is 0.315 e. The van der Waals surface area contributed by atoms with Crippen LogP contribution in [0.1, 0.15) is 17.1 Å². The van der Waals surface area contributed by atoms with E-state index < -0.39 is 0 Å². The molecule has 2 rings (SSSR count). The largest absolute Gasteiger partial charge is 0.492 e. The van der Waals surface area contributed by atoms with E-state index in [0.717, 1.165) is 27.3 Å². The number of urea groups is 1. The lowest BCUT2D eigenvalue weighted by atomic mass is 10.2. The van der Waals surface area contributed by atoms with E-state index in [4.69, 9.17) is 9.15 Å². The molecule has 0 aliphatic rings. The van der Waals surface area contributed by atoms with Gasteiger partial charge in [-0.05, 0) is 44.2 Å². The topological polar surface area (TPSA) is 63.5 Å². The van der Waals surface area contributed by atoms with Gasteiger partial charge in [-0.1, -0.05) is 15.9 Å². The minimum Gasteiger partial charge on any atom is -0.492 e.